The Morgan fingerprint density at radius 1 is 1.60 bits per heavy atom. The van der Waals surface area contributed by atoms with E-state index in [9.17, 15) is 4.79 Å². The summed E-state index contributed by atoms with van der Waals surface area (Å²) >= 11 is 11.5. The number of hydrogen-bond acceptors (Lipinski definition) is 2. The van der Waals surface area contributed by atoms with E-state index in [1.165, 1.54) is 11.3 Å². The van der Waals surface area contributed by atoms with Gasteiger partial charge in [-0.25, -0.2) is 0 Å². The van der Waals surface area contributed by atoms with Gasteiger partial charge in [0.2, 0.25) is 0 Å². The molecular formula is C9H10Br3NOS. The van der Waals surface area contributed by atoms with Crippen molar-refractivity contribution in [2.75, 3.05) is 11.9 Å². The molecule has 1 N–H and O–H groups in total. The van der Waals surface area contributed by atoms with Crippen molar-refractivity contribution in [3.05, 3.63) is 19.2 Å². The number of halogens is 3. The Labute approximate surface area is 118 Å². The maximum absolute atomic E-state index is 11.7. The summed E-state index contributed by atoms with van der Waals surface area (Å²) in [6.45, 7) is 2.77. The van der Waals surface area contributed by atoms with E-state index in [0.29, 0.717) is 12.5 Å². The van der Waals surface area contributed by atoms with E-state index in [1.54, 1.807) is 0 Å². The highest BCUT2D eigenvalue weighted by atomic mass is 79.9. The highest BCUT2D eigenvalue weighted by Gasteiger charge is 2.12. The molecule has 1 amide bonds. The monoisotopic (exact) mass is 417 g/mol. The van der Waals surface area contributed by atoms with Crippen molar-refractivity contribution < 1.29 is 4.79 Å². The van der Waals surface area contributed by atoms with E-state index < -0.39 is 0 Å². The molecule has 0 aliphatic carbocycles. The molecule has 1 aromatic heterocycles. The molecule has 0 saturated heterocycles. The minimum Gasteiger partial charge on any atom is -0.351 e. The molecule has 0 aliphatic rings. The molecule has 1 heterocycles. The Balaban J connectivity index is 2.54. The van der Waals surface area contributed by atoms with Crippen LogP contribution in [0.5, 0.6) is 0 Å². The lowest BCUT2D eigenvalue weighted by Crippen LogP contribution is -2.28. The van der Waals surface area contributed by atoms with Crippen LogP contribution in [0.25, 0.3) is 0 Å². The SMILES string of the molecule is CC(CBr)CNC(=O)c1cc(Br)c(Br)s1. The lowest BCUT2D eigenvalue weighted by atomic mass is 10.2. The van der Waals surface area contributed by atoms with Gasteiger partial charge >= 0.3 is 0 Å². The van der Waals surface area contributed by atoms with Crippen LogP contribution in [0.3, 0.4) is 0 Å². The molecule has 0 spiro atoms. The first-order valence-electron chi connectivity index (χ1n) is 4.33. The second kappa shape index (κ2) is 6.37. The standard InChI is InChI=1S/C9H10Br3NOS/c1-5(3-10)4-13-9(14)7-2-6(11)8(12)15-7/h2,5H,3-4H2,1H3,(H,13,14). The van der Waals surface area contributed by atoms with Gasteiger partial charge in [0.05, 0.1) is 8.66 Å². The fourth-order valence-electron chi connectivity index (χ4n) is 0.867. The van der Waals surface area contributed by atoms with Crippen LogP contribution in [-0.2, 0) is 0 Å². The van der Waals surface area contributed by atoms with Crippen LogP contribution < -0.4 is 5.32 Å². The molecule has 1 aromatic rings. The van der Waals surface area contributed by atoms with Crippen LogP contribution >= 0.6 is 59.1 Å². The number of thiophene rings is 1. The fraction of sp³-hybridized carbons (Fsp3) is 0.444. The van der Waals surface area contributed by atoms with Gasteiger partial charge in [0.25, 0.3) is 5.91 Å². The Morgan fingerprint density at radius 3 is 2.73 bits per heavy atom. The van der Waals surface area contributed by atoms with Crippen molar-refractivity contribution in [3.8, 4) is 0 Å². The summed E-state index contributed by atoms with van der Waals surface area (Å²) in [7, 11) is 0. The third-order valence-corrected chi connectivity index (χ3v) is 6.10. The van der Waals surface area contributed by atoms with E-state index in [4.69, 9.17) is 0 Å². The fourth-order valence-corrected chi connectivity index (χ4v) is 3.05. The number of alkyl halides is 1. The molecule has 0 bridgehead atoms. The first-order chi connectivity index (χ1) is 7.04. The molecule has 15 heavy (non-hydrogen) atoms. The Bertz CT molecular complexity index is 334. The normalized spacial score (nSPS) is 12.5. The summed E-state index contributed by atoms with van der Waals surface area (Å²) in [5, 5.41) is 3.78. The zero-order valence-corrected chi connectivity index (χ0v) is 13.6. The minimum absolute atomic E-state index is 0.0146. The summed E-state index contributed by atoms with van der Waals surface area (Å²) in [5.41, 5.74) is 0. The van der Waals surface area contributed by atoms with Crippen molar-refractivity contribution >= 4 is 65.0 Å². The van der Waals surface area contributed by atoms with Crippen LogP contribution in [0.4, 0.5) is 0 Å². The summed E-state index contributed by atoms with van der Waals surface area (Å²) in [6.07, 6.45) is 0. The van der Waals surface area contributed by atoms with Crippen LogP contribution in [0.1, 0.15) is 16.6 Å². The van der Waals surface area contributed by atoms with Crippen LogP contribution in [0.15, 0.2) is 14.3 Å². The predicted octanol–water partition coefficient (Wildman–Crippen LogP) is 4.03. The van der Waals surface area contributed by atoms with Crippen LogP contribution in [0.2, 0.25) is 0 Å². The second-order valence-electron chi connectivity index (χ2n) is 3.20. The molecule has 0 aliphatic heterocycles. The molecule has 1 rings (SSSR count). The van der Waals surface area contributed by atoms with Crippen molar-refractivity contribution in [2.45, 2.75) is 6.92 Å². The lowest BCUT2D eigenvalue weighted by molar-refractivity contribution is 0.0953. The van der Waals surface area contributed by atoms with Crippen molar-refractivity contribution in [2.24, 2.45) is 5.92 Å². The number of nitrogens with one attached hydrogen (secondary N) is 1. The minimum atomic E-state index is -0.0146. The summed E-state index contributed by atoms with van der Waals surface area (Å²) < 4.78 is 1.87. The number of rotatable bonds is 4. The first kappa shape index (κ1) is 13.7. The Morgan fingerprint density at radius 2 is 2.27 bits per heavy atom. The smallest absolute Gasteiger partial charge is 0.261 e. The molecule has 0 fully saturated rings. The molecule has 1 unspecified atom stereocenters. The average Bonchev–Trinajstić information content (AvgIpc) is 2.55. The summed E-state index contributed by atoms with van der Waals surface area (Å²) in [4.78, 5) is 12.4. The Hall–Kier alpha value is 0.610. The average molecular weight is 420 g/mol. The predicted molar refractivity (Wildman–Crippen MR) is 75.0 cm³/mol. The number of carbonyl (C=O) groups excluding carboxylic acids is 1. The highest BCUT2D eigenvalue weighted by Crippen LogP contribution is 2.32. The third kappa shape index (κ3) is 4.17. The topological polar surface area (TPSA) is 29.1 Å². The molecule has 84 valence electrons. The van der Waals surface area contributed by atoms with Gasteiger partial charge in [-0.05, 0) is 43.8 Å². The van der Waals surface area contributed by atoms with Crippen LogP contribution in [-0.4, -0.2) is 17.8 Å². The van der Waals surface area contributed by atoms with Gasteiger partial charge in [0, 0.05) is 16.3 Å². The second-order valence-corrected chi connectivity index (χ2v) is 7.07. The van der Waals surface area contributed by atoms with E-state index in [0.717, 1.165) is 18.5 Å². The number of amides is 1. The van der Waals surface area contributed by atoms with Crippen molar-refractivity contribution in [1.82, 2.24) is 5.32 Å². The van der Waals surface area contributed by atoms with Crippen molar-refractivity contribution in [1.29, 1.82) is 0 Å². The molecule has 1 atom stereocenters. The van der Waals surface area contributed by atoms with Gasteiger partial charge in [0.15, 0.2) is 0 Å². The van der Waals surface area contributed by atoms with Gasteiger partial charge < -0.3 is 5.32 Å². The van der Waals surface area contributed by atoms with Gasteiger partial charge in [-0.2, -0.15) is 0 Å². The molecule has 6 heteroatoms. The van der Waals surface area contributed by atoms with Crippen molar-refractivity contribution in [3.63, 3.8) is 0 Å². The first-order valence-corrected chi connectivity index (χ1v) is 7.86. The largest absolute Gasteiger partial charge is 0.351 e. The van der Waals surface area contributed by atoms with Gasteiger partial charge in [-0.3, -0.25) is 4.79 Å². The molecular weight excluding hydrogens is 410 g/mol. The summed E-state index contributed by atoms with van der Waals surface area (Å²) in [5.74, 6) is 0.431. The molecule has 0 saturated carbocycles. The van der Waals surface area contributed by atoms with E-state index >= 15 is 0 Å². The molecule has 0 radical (unpaired) electrons. The third-order valence-electron chi connectivity index (χ3n) is 1.74. The van der Waals surface area contributed by atoms with Gasteiger partial charge in [0.1, 0.15) is 0 Å². The molecule has 2 nitrogen and oxygen atoms in total. The van der Waals surface area contributed by atoms with E-state index in [-0.39, 0.29) is 5.91 Å². The maximum Gasteiger partial charge on any atom is 0.261 e. The maximum atomic E-state index is 11.7. The molecule has 0 aromatic carbocycles. The van der Waals surface area contributed by atoms with Gasteiger partial charge in [-0.15, -0.1) is 11.3 Å². The number of carbonyl (C=O) groups is 1. The summed E-state index contributed by atoms with van der Waals surface area (Å²) in [6, 6.07) is 1.82. The van der Waals surface area contributed by atoms with Gasteiger partial charge in [-0.1, -0.05) is 22.9 Å². The zero-order valence-electron chi connectivity index (χ0n) is 8.02. The quantitative estimate of drug-likeness (QED) is 0.733. The lowest BCUT2D eigenvalue weighted by Gasteiger charge is -2.07. The van der Waals surface area contributed by atoms with E-state index in [2.05, 4.69) is 60.0 Å². The number of hydrogen-bond donors (Lipinski definition) is 1. The van der Waals surface area contributed by atoms with Crippen LogP contribution in [0, 0.1) is 5.92 Å². The Kier molecular flexibility index (Phi) is 5.81. The van der Waals surface area contributed by atoms with E-state index in [1.807, 2.05) is 6.07 Å². The highest BCUT2D eigenvalue weighted by molar-refractivity contribution is 9.13. The zero-order chi connectivity index (χ0) is 11.4.